The van der Waals surface area contributed by atoms with E-state index in [0.29, 0.717) is 18.0 Å². The fraction of sp³-hybridized carbons (Fsp3) is 1.00. The van der Waals surface area contributed by atoms with Crippen LogP contribution in [0, 0.1) is 5.92 Å². The Hall–Kier alpha value is -0.200. The molecular weight excluding hydrogens is 242 g/mol. The minimum Gasteiger partial charge on any atom is -0.367 e. The summed E-state index contributed by atoms with van der Waals surface area (Å²) in [6.45, 7) is 4.07. The van der Waals surface area contributed by atoms with Crippen LogP contribution >= 0.6 is 0 Å². The maximum atomic E-state index is 5.87. The van der Waals surface area contributed by atoms with Crippen LogP contribution in [-0.4, -0.2) is 49.8 Å². The predicted molar refractivity (Wildman–Crippen MR) is 75.4 cm³/mol. The second-order valence-corrected chi connectivity index (χ2v) is 5.90. The molecule has 1 aliphatic carbocycles. The second-order valence-electron chi connectivity index (χ2n) is 5.90. The molecule has 3 N–H and O–H groups in total. The van der Waals surface area contributed by atoms with Gasteiger partial charge in [-0.15, -0.1) is 0 Å². The molecule has 5 nitrogen and oxygen atoms in total. The highest BCUT2D eigenvalue weighted by Gasteiger charge is 2.54. The maximum Gasteiger partial charge on any atom is 0.125 e. The summed E-state index contributed by atoms with van der Waals surface area (Å²) in [4.78, 5) is 2.47. The summed E-state index contributed by atoms with van der Waals surface area (Å²) in [7, 11) is 3.53. The highest BCUT2D eigenvalue weighted by molar-refractivity contribution is 5.05. The first-order chi connectivity index (χ1) is 9.10. The summed E-state index contributed by atoms with van der Waals surface area (Å²) in [6, 6.07) is 1.03. The van der Waals surface area contributed by atoms with Crippen LogP contribution < -0.4 is 11.1 Å². The fourth-order valence-electron chi connectivity index (χ4n) is 3.83. The van der Waals surface area contributed by atoms with E-state index in [1.807, 2.05) is 6.92 Å². The highest BCUT2D eigenvalue weighted by Crippen LogP contribution is 2.45. The zero-order valence-corrected chi connectivity index (χ0v) is 12.6. The Morgan fingerprint density at radius 1 is 1.16 bits per heavy atom. The lowest BCUT2D eigenvalue weighted by Crippen LogP contribution is -2.74. The van der Waals surface area contributed by atoms with Crippen molar-refractivity contribution in [2.45, 2.75) is 70.2 Å². The van der Waals surface area contributed by atoms with Gasteiger partial charge in [0.25, 0.3) is 0 Å². The van der Waals surface area contributed by atoms with Crippen molar-refractivity contribution in [3.63, 3.8) is 0 Å². The van der Waals surface area contributed by atoms with Crippen molar-refractivity contribution in [1.29, 1.82) is 0 Å². The molecule has 6 atom stereocenters. The van der Waals surface area contributed by atoms with Gasteiger partial charge >= 0.3 is 0 Å². The SMILES string of the molecule is COC(NC(C)N)C1C2CCCCC2N1C(C)OC. The van der Waals surface area contributed by atoms with Crippen LogP contribution in [0.15, 0.2) is 0 Å². The summed E-state index contributed by atoms with van der Waals surface area (Å²) < 4.78 is 11.2. The Morgan fingerprint density at radius 3 is 2.42 bits per heavy atom. The molecule has 0 aromatic heterocycles. The standard InChI is InChI=1S/C14H29N3O2/c1-9(15)16-14(19-4)13-11-7-5-6-8-12(11)17(13)10(2)18-3/h9-14,16H,5-8,15H2,1-4H3. The van der Waals surface area contributed by atoms with E-state index in [0.717, 1.165) is 0 Å². The minimum atomic E-state index is -0.0627. The van der Waals surface area contributed by atoms with E-state index in [-0.39, 0.29) is 18.6 Å². The van der Waals surface area contributed by atoms with Crippen LogP contribution in [0.2, 0.25) is 0 Å². The number of hydrogen-bond acceptors (Lipinski definition) is 5. The van der Waals surface area contributed by atoms with Gasteiger partial charge in [-0.05, 0) is 32.6 Å². The third kappa shape index (κ3) is 2.95. The van der Waals surface area contributed by atoms with Gasteiger partial charge in [0.2, 0.25) is 0 Å². The quantitative estimate of drug-likeness (QED) is 0.708. The smallest absolute Gasteiger partial charge is 0.125 e. The molecule has 6 unspecified atom stereocenters. The number of ether oxygens (including phenoxy) is 2. The predicted octanol–water partition coefficient (Wildman–Crippen LogP) is 1.09. The Bertz CT molecular complexity index is 288. The zero-order chi connectivity index (χ0) is 14.0. The molecule has 0 spiro atoms. The molecule has 2 fully saturated rings. The van der Waals surface area contributed by atoms with Crippen LogP contribution in [-0.2, 0) is 9.47 Å². The first kappa shape index (κ1) is 15.2. The van der Waals surface area contributed by atoms with E-state index in [1.54, 1.807) is 14.2 Å². The Labute approximate surface area is 116 Å². The van der Waals surface area contributed by atoms with Gasteiger partial charge in [-0.25, -0.2) is 0 Å². The van der Waals surface area contributed by atoms with Crippen molar-refractivity contribution in [2.24, 2.45) is 11.7 Å². The van der Waals surface area contributed by atoms with Gasteiger partial charge in [-0.1, -0.05) is 12.8 Å². The average molecular weight is 271 g/mol. The van der Waals surface area contributed by atoms with Gasteiger partial charge < -0.3 is 15.2 Å². The first-order valence-corrected chi connectivity index (χ1v) is 7.44. The van der Waals surface area contributed by atoms with E-state index < -0.39 is 0 Å². The second kappa shape index (κ2) is 6.50. The van der Waals surface area contributed by atoms with Crippen molar-refractivity contribution in [3.8, 4) is 0 Å². The molecule has 2 rings (SSSR count). The number of hydrogen-bond donors (Lipinski definition) is 2. The lowest BCUT2D eigenvalue weighted by molar-refractivity contribution is -0.213. The Kier molecular flexibility index (Phi) is 5.20. The summed E-state index contributed by atoms with van der Waals surface area (Å²) >= 11 is 0. The molecule has 5 heteroatoms. The third-order valence-corrected chi connectivity index (χ3v) is 4.70. The van der Waals surface area contributed by atoms with Crippen molar-refractivity contribution >= 4 is 0 Å². The minimum absolute atomic E-state index is 0.0167. The van der Waals surface area contributed by atoms with Crippen molar-refractivity contribution in [3.05, 3.63) is 0 Å². The summed E-state index contributed by atoms with van der Waals surface area (Å²) in [5, 5.41) is 3.33. The molecule has 0 bridgehead atoms. The van der Waals surface area contributed by atoms with Gasteiger partial charge in [-0.3, -0.25) is 10.2 Å². The first-order valence-electron chi connectivity index (χ1n) is 7.44. The lowest BCUT2D eigenvalue weighted by Gasteiger charge is -2.61. The van der Waals surface area contributed by atoms with Crippen molar-refractivity contribution in [1.82, 2.24) is 10.2 Å². The number of rotatable bonds is 6. The number of methoxy groups -OCH3 is 2. The molecule has 2 aliphatic rings. The molecule has 1 saturated heterocycles. The Balaban J connectivity index is 2.09. The van der Waals surface area contributed by atoms with Crippen LogP contribution in [0.1, 0.15) is 39.5 Å². The number of nitrogens with one attached hydrogen (secondary N) is 1. The summed E-state index contributed by atoms with van der Waals surface area (Å²) in [6.07, 6.45) is 5.30. The maximum absolute atomic E-state index is 5.87. The molecule has 1 heterocycles. The molecule has 19 heavy (non-hydrogen) atoms. The molecule has 112 valence electrons. The Morgan fingerprint density at radius 2 is 1.84 bits per heavy atom. The van der Waals surface area contributed by atoms with Gasteiger partial charge in [0.15, 0.2) is 0 Å². The fourth-order valence-corrected chi connectivity index (χ4v) is 3.83. The van der Waals surface area contributed by atoms with Crippen LogP contribution in [0.5, 0.6) is 0 Å². The van der Waals surface area contributed by atoms with Gasteiger partial charge in [-0.2, -0.15) is 0 Å². The molecular formula is C14H29N3O2. The molecule has 1 aliphatic heterocycles. The van der Waals surface area contributed by atoms with Crippen molar-refractivity contribution < 1.29 is 9.47 Å². The van der Waals surface area contributed by atoms with E-state index >= 15 is 0 Å². The molecule has 0 aromatic rings. The topological polar surface area (TPSA) is 59.8 Å². The average Bonchev–Trinajstić information content (AvgIpc) is 2.38. The normalized spacial score (nSPS) is 36.2. The zero-order valence-electron chi connectivity index (χ0n) is 12.6. The molecule has 0 radical (unpaired) electrons. The van der Waals surface area contributed by atoms with E-state index in [1.165, 1.54) is 25.7 Å². The highest BCUT2D eigenvalue weighted by atomic mass is 16.5. The van der Waals surface area contributed by atoms with Crippen molar-refractivity contribution in [2.75, 3.05) is 14.2 Å². The van der Waals surface area contributed by atoms with Crippen LogP contribution in [0.3, 0.4) is 0 Å². The van der Waals surface area contributed by atoms with E-state index in [4.69, 9.17) is 15.2 Å². The van der Waals surface area contributed by atoms with Crippen LogP contribution in [0.4, 0.5) is 0 Å². The summed E-state index contributed by atoms with van der Waals surface area (Å²) in [5.74, 6) is 0.711. The largest absolute Gasteiger partial charge is 0.367 e. The molecule has 0 amide bonds. The number of likely N-dealkylation sites (tertiary alicyclic amines) is 1. The van der Waals surface area contributed by atoms with E-state index in [9.17, 15) is 0 Å². The van der Waals surface area contributed by atoms with Gasteiger partial charge in [0.1, 0.15) is 12.5 Å². The van der Waals surface area contributed by atoms with E-state index in [2.05, 4.69) is 17.1 Å². The number of nitrogens with zero attached hydrogens (tertiary/aromatic N) is 1. The number of fused-ring (bicyclic) bond motifs is 1. The lowest BCUT2D eigenvalue weighted by atomic mass is 9.69. The number of nitrogens with two attached hydrogens (primary N) is 1. The monoisotopic (exact) mass is 271 g/mol. The summed E-state index contributed by atoms with van der Waals surface area (Å²) in [5.41, 5.74) is 5.87. The van der Waals surface area contributed by atoms with Gasteiger partial charge in [0, 0.05) is 20.3 Å². The molecule has 1 saturated carbocycles. The molecule has 0 aromatic carbocycles. The van der Waals surface area contributed by atoms with Gasteiger partial charge in [0.05, 0.1) is 12.2 Å². The van der Waals surface area contributed by atoms with Crippen LogP contribution in [0.25, 0.3) is 0 Å². The third-order valence-electron chi connectivity index (χ3n) is 4.70.